The van der Waals surface area contributed by atoms with Crippen molar-refractivity contribution in [2.75, 3.05) is 7.11 Å². The highest BCUT2D eigenvalue weighted by atomic mass is 16.5. The second-order valence-electron chi connectivity index (χ2n) is 4.49. The largest absolute Gasteiger partial charge is 0.497 e. The van der Waals surface area contributed by atoms with Gasteiger partial charge in [0.05, 0.1) is 19.3 Å². The van der Waals surface area contributed by atoms with Gasteiger partial charge in [-0.05, 0) is 26.0 Å². The SMILES string of the molecule is COc1cc(C)nc(Cn2cccc2C(C)N)c1. The first-order valence-corrected chi connectivity index (χ1v) is 6.02. The summed E-state index contributed by atoms with van der Waals surface area (Å²) in [6.45, 7) is 4.66. The minimum Gasteiger partial charge on any atom is -0.497 e. The summed E-state index contributed by atoms with van der Waals surface area (Å²) in [5, 5.41) is 0. The Kier molecular flexibility index (Phi) is 3.67. The van der Waals surface area contributed by atoms with Crippen LogP contribution in [0.4, 0.5) is 0 Å². The first-order chi connectivity index (χ1) is 8.60. The first kappa shape index (κ1) is 12.6. The molecule has 0 aliphatic heterocycles. The quantitative estimate of drug-likeness (QED) is 0.899. The molecular weight excluding hydrogens is 226 g/mol. The number of rotatable bonds is 4. The fraction of sp³-hybridized carbons (Fsp3) is 0.357. The molecule has 2 heterocycles. The van der Waals surface area contributed by atoms with E-state index in [1.54, 1.807) is 7.11 Å². The lowest BCUT2D eigenvalue weighted by Gasteiger charge is -2.12. The topological polar surface area (TPSA) is 53.1 Å². The van der Waals surface area contributed by atoms with Crippen molar-refractivity contribution < 1.29 is 4.74 Å². The first-order valence-electron chi connectivity index (χ1n) is 6.02. The molecule has 0 bridgehead atoms. The molecule has 96 valence electrons. The van der Waals surface area contributed by atoms with Crippen LogP contribution in [-0.2, 0) is 6.54 Å². The van der Waals surface area contributed by atoms with E-state index in [9.17, 15) is 0 Å². The van der Waals surface area contributed by atoms with Crippen LogP contribution < -0.4 is 10.5 Å². The summed E-state index contributed by atoms with van der Waals surface area (Å²) in [6.07, 6.45) is 2.02. The minimum absolute atomic E-state index is 0.0201. The summed E-state index contributed by atoms with van der Waals surface area (Å²) in [4.78, 5) is 4.52. The fourth-order valence-electron chi connectivity index (χ4n) is 2.06. The minimum atomic E-state index is 0.0201. The lowest BCUT2D eigenvalue weighted by molar-refractivity contribution is 0.412. The number of hydrogen-bond donors (Lipinski definition) is 1. The third-order valence-electron chi connectivity index (χ3n) is 2.88. The normalized spacial score (nSPS) is 12.4. The number of aromatic nitrogens is 2. The molecule has 0 aromatic carbocycles. The van der Waals surface area contributed by atoms with Gasteiger partial charge in [0, 0.05) is 35.8 Å². The lowest BCUT2D eigenvalue weighted by Crippen LogP contribution is -2.13. The molecule has 4 nitrogen and oxygen atoms in total. The van der Waals surface area contributed by atoms with Crippen molar-refractivity contribution in [3.8, 4) is 5.75 Å². The van der Waals surface area contributed by atoms with Crippen LogP contribution in [0.15, 0.2) is 30.5 Å². The van der Waals surface area contributed by atoms with E-state index in [2.05, 4.69) is 9.55 Å². The standard InChI is InChI=1S/C14H19N3O/c1-10-7-13(18-3)8-12(16-10)9-17-6-4-5-14(17)11(2)15/h4-8,11H,9,15H2,1-3H3. The van der Waals surface area contributed by atoms with Crippen LogP contribution in [0.25, 0.3) is 0 Å². The number of nitrogens with zero attached hydrogens (tertiary/aromatic N) is 2. The number of methoxy groups -OCH3 is 1. The smallest absolute Gasteiger partial charge is 0.122 e. The van der Waals surface area contributed by atoms with E-state index in [0.29, 0.717) is 6.54 Å². The van der Waals surface area contributed by atoms with E-state index >= 15 is 0 Å². The zero-order valence-corrected chi connectivity index (χ0v) is 11.1. The molecular formula is C14H19N3O. The van der Waals surface area contributed by atoms with Crippen LogP contribution in [0.2, 0.25) is 0 Å². The summed E-state index contributed by atoms with van der Waals surface area (Å²) in [5.74, 6) is 0.840. The summed E-state index contributed by atoms with van der Waals surface area (Å²) in [7, 11) is 1.67. The second-order valence-corrected chi connectivity index (χ2v) is 4.49. The van der Waals surface area contributed by atoms with Crippen LogP contribution in [0, 0.1) is 6.92 Å². The van der Waals surface area contributed by atoms with E-state index in [0.717, 1.165) is 22.8 Å². The maximum Gasteiger partial charge on any atom is 0.122 e. The van der Waals surface area contributed by atoms with Gasteiger partial charge < -0.3 is 15.0 Å². The zero-order valence-electron chi connectivity index (χ0n) is 11.1. The van der Waals surface area contributed by atoms with Gasteiger partial charge in [-0.15, -0.1) is 0 Å². The average Bonchev–Trinajstić information content (AvgIpc) is 2.76. The Balaban J connectivity index is 2.28. The summed E-state index contributed by atoms with van der Waals surface area (Å²) < 4.78 is 7.38. The highest BCUT2D eigenvalue weighted by Gasteiger charge is 2.07. The number of hydrogen-bond acceptors (Lipinski definition) is 3. The molecule has 2 aromatic heterocycles. The van der Waals surface area contributed by atoms with E-state index in [4.69, 9.17) is 10.5 Å². The Bertz CT molecular complexity index is 532. The summed E-state index contributed by atoms with van der Waals surface area (Å²) in [6, 6.07) is 7.94. The Labute approximate surface area is 107 Å². The predicted molar refractivity (Wildman–Crippen MR) is 71.7 cm³/mol. The van der Waals surface area contributed by atoms with Crippen LogP contribution >= 0.6 is 0 Å². The Hall–Kier alpha value is -1.81. The van der Waals surface area contributed by atoms with E-state index in [1.807, 2.05) is 44.3 Å². The van der Waals surface area contributed by atoms with Gasteiger partial charge in [-0.3, -0.25) is 4.98 Å². The van der Waals surface area contributed by atoms with Crippen molar-refractivity contribution in [3.63, 3.8) is 0 Å². The monoisotopic (exact) mass is 245 g/mol. The van der Waals surface area contributed by atoms with Crippen molar-refractivity contribution in [1.29, 1.82) is 0 Å². The average molecular weight is 245 g/mol. The number of ether oxygens (including phenoxy) is 1. The molecule has 2 N–H and O–H groups in total. The van der Waals surface area contributed by atoms with Gasteiger partial charge >= 0.3 is 0 Å². The van der Waals surface area contributed by atoms with Crippen molar-refractivity contribution in [2.45, 2.75) is 26.4 Å². The second kappa shape index (κ2) is 5.23. The number of aryl methyl sites for hydroxylation is 1. The van der Waals surface area contributed by atoms with Crippen LogP contribution in [0.3, 0.4) is 0 Å². The molecule has 0 saturated carbocycles. The van der Waals surface area contributed by atoms with E-state index < -0.39 is 0 Å². The highest BCUT2D eigenvalue weighted by Crippen LogP contribution is 2.17. The fourth-order valence-corrected chi connectivity index (χ4v) is 2.06. The van der Waals surface area contributed by atoms with Gasteiger partial charge in [0.1, 0.15) is 5.75 Å². The molecule has 1 atom stereocenters. The maximum absolute atomic E-state index is 5.93. The molecule has 2 rings (SSSR count). The third kappa shape index (κ3) is 2.71. The van der Waals surface area contributed by atoms with Crippen LogP contribution in [0.1, 0.15) is 30.0 Å². The summed E-state index contributed by atoms with van der Waals surface area (Å²) >= 11 is 0. The Morgan fingerprint density at radius 3 is 2.89 bits per heavy atom. The molecule has 0 aliphatic carbocycles. The zero-order chi connectivity index (χ0) is 13.1. The Morgan fingerprint density at radius 2 is 2.22 bits per heavy atom. The van der Waals surface area contributed by atoms with Gasteiger partial charge in [-0.1, -0.05) is 0 Å². The van der Waals surface area contributed by atoms with Crippen LogP contribution in [0.5, 0.6) is 5.75 Å². The number of nitrogens with two attached hydrogens (primary N) is 1. The lowest BCUT2D eigenvalue weighted by atomic mass is 10.2. The third-order valence-corrected chi connectivity index (χ3v) is 2.88. The molecule has 0 saturated heterocycles. The Morgan fingerprint density at radius 1 is 1.44 bits per heavy atom. The van der Waals surface area contributed by atoms with Gasteiger partial charge in [0.25, 0.3) is 0 Å². The highest BCUT2D eigenvalue weighted by molar-refractivity contribution is 5.27. The molecule has 0 aliphatic rings. The number of pyridine rings is 1. The van der Waals surface area contributed by atoms with Crippen molar-refractivity contribution in [1.82, 2.24) is 9.55 Å². The van der Waals surface area contributed by atoms with Crippen molar-refractivity contribution in [2.24, 2.45) is 5.73 Å². The molecule has 18 heavy (non-hydrogen) atoms. The summed E-state index contributed by atoms with van der Waals surface area (Å²) in [5.41, 5.74) is 8.98. The van der Waals surface area contributed by atoms with E-state index in [-0.39, 0.29) is 6.04 Å². The molecule has 0 spiro atoms. The molecule has 0 amide bonds. The van der Waals surface area contributed by atoms with Gasteiger partial charge in [-0.2, -0.15) is 0 Å². The van der Waals surface area contributed by atoms with Gasteiger partial charge in [0.2, 0.25) is 0 Å². The predicted octanol–water partition coefficient (Wildman–Crippen LogP) is 2.27. The van der Waals surface area contributed by atoms with E-state index in [1.165, 1.54) is 0 Å². The van der Waals surface area contributed by atoms with Crippen molar-refractivity contribution in [3.05, 3.63) is 47.5 Å². The molecule has 0 radical (unpaired) electrons. The van der Waals surface area contributed by atoms with Gasteiger partial charge in [-0.25, -0.2) is 0 Å². The molecule has 1 unspecified atom stereocenters. The maximum atomic E-state index is 5.93. The molecule has 2 aromatic rings. The van der Waals surface area contributed by atoms with Crippen LogP contribution in [-0.4, -0.2) is 16.7 Å². The van der Waals surface area contributed by atoms with Gasteiger partial charge in [0.15, 0.2) is 0 Å². The molecule has 0 fully saturated rings. The van der Waals surface area contributed by atoms with Crippen molar-refractivity contribution >= 4 is 0 Å². The molecule has 4 heteroatoms.